The number of carbonyl (C=O) groups is 2. The van der Waals surface area contributed by atoms with Crippen molar-refractivity contribution in [3.63, 3.8) is 0 Å². The quantitative estimate of drug-likeness (QED) is 0.533. The fourth-order valence-corrected chi connectivity index (χ4v) is 4.48. The number of rotatable bonds is 8. The van der Waals surface area contributed by atoms with Gasteiger partial charge in [-0.1, -0.05) is 54.1 Å². The predicted octanol–water partition coefficient (Wildman–Crippen LogP) is 4.03. The van der Waals surface area contributed by atoms with E-state index < -0.39 is 17.4 Å². The Morgan fingerprint density at radius 2 is 1.71 bits per heavy atom. The van der Waals surface area contributed by atoms with E-state index in [4.69, 9.17) is 4.74 Å². The maximum atomic E-state index is 13.2. The third-order valence-corrected chi connectivity index (χ3v) is 6.30. The average Bonchev–Trinajstić information content (AvgIpc) is 3.18. The van der Waals surface area contributed by atoms with E-state index in [1.165, 1.54) is 11.1 Å². The summed E-state index contributed by atoms with van der Waals surface area (Å²) < 4.78 is 6.09. The van der Waals surface area contributed by atoms with Crippen LogP contribution in [0.1, 0.15) is 32.6 Å². The highest BCUT2D eigenvalue weighted by molar-refractivity contribution is 5.99. The number of anilines is 1. The number of benzene rings is 3. The molecule has 0 fully saturated rings. The van der Waals surface area contributed by atoms with E-state index >= 15 is 0 Å². The SMILES string of the molecule is Cc1cccc(CCOc2cc(C(=O)NC3(C(=O)O)Cc4ccccc4C3)ccc2N(C)C)c1. The van der Waals surface area contributed by atoms with Crippen molar-refractivity contribution >= 4 is 17.6 Å². The second kappa shape index (κ2) is 9.59. The average molecular weight is 459 g/mol. The third kappa shape index (κ3) is 4.91. The second-order valence-electron chi connectivity index (χ2n) is 9.13. The molecule has 0 saturated carbocycles. The molecule has 1 amide bonds. The van der Waals surface area contributed by atoms with Crippen LogP contribution in [0.3, 0.4) is 0 Å². The van der Waals surface area contributed by atoms with Crippen molar-refractivity contribution in [3.8, 4) is 5.75 Å². The van der Waals surface area contributed by atoms with Crippen LogP contribution in [0.15, 0.2) is 66.7 Å². The zero-order valence-corrected chi connectivity index (χ0v) is 19.8. The summed E-state index contributed by atoms with van der Waals surface area (Å²) in [7, 11) is 3.83. The fourth-order valence-electron chi connectivity index (χ4n) is 4.48. The Bertz CT molecular complexity index is 1190. The maximum absolute atomic E-state index is 13.2. The number of amides is 1. The van der Waals surface area contributed by atoms with Crippen molar-refractivity contribution in [1.29, 1.82) is 0 Å². The van der Waals surface area contributed by atoms with E-state index in [2.05, 4.69) is 30.4 Å². The Hall–Kier alpha value is -3.80. The number of hydrogen-bond donors (Lipinski definition) is 2. The number of aryl methyl sites for hydroxylation is 1. The predicted molar refractivity (Wildman–Crippen MR) is 133 cm³/mol. The first-order chi connectivity index (χ1) is 16.3. The second-order valence-corrected chi connectivity index (χ2v) is 9.13. The van der Waals surface area contributed by atoms with Crippen LogP contribution < -0.4 is 15.0 Å². The Morgan fingerprint density at radius 1 is 1.00 bits per heavy atom. The highest BCUT2D eigenvalue weighted by Crippen LogP contribution is 2.32. The molecule has 176 valence electrons. The van der Waals surface area contributed by atoms with Crippen molar-refractivity contribution < 1.29 is 19.4 Å². The Balaban J connectivity index is 1.52. The maximum Gasteiger partial charge on any atom is 0.330 e. The smallest absolute Gasteiger partial charge is 0.330 e. The van der Waals surface area contributed by atoms with Gasteiger partial charge in [0.15, 0.2) is 0 Å². The van der Waals surface area contributed by atoms with Crippen LogP contribution in [-0.4, -0.2) is 43.2 Å². The van der Waals surface area contributed by atoms with Crippen LogP contribution in [0.25, 0.3) is 0 Å². The van der Waals surface area contributed by atoms with E-state index in [9.17, 15) is 14.7 Å². The highest BCUT2D eigenvalue weighted by atomic mass is 16.5. The zero-order valence-electron chi connectivity index (χ0n) is 19.8. The lowest BCUT2D eigenvalue weighted by atomic mass is 9.95. The summed E-state index contributed by atoms with van der Waals surface area (Å²) in [4.78, 5) is 27.3. The molecular weight excluding hydrogens is 428 g/mol. The first-order valence-corrected chi connectivity index (χ1v) is 11.4. The third-order valence-electron chi connectivity index (χ3n) is 6.30. The molecule has 0 radical (unpaired) electrons. The van der Waals surface area contributed by atoms with Crippen molar-refractivity contribution in [2.24, 2.45) is 0 Å². The number of nitrogens with zero attached hydrogens (tertiary/aromatic N) is 1. The fraction of sp³-hybridized carbons (Fsp3) is 0.286. The van der Waals surface area contributed by atoms with Gasteiger partial charge >= 0.3 is 5.97 Å². The largest absolute Gasteiger partial charge is 0.491 e. The Kier molecular flexibility index (Phi) is 6.59. The standard InChI is InChI=1S/C28H30N2O4/c1-19-7-6-8-20(15-19)13-14-34-25-16-21(11-12-24(25)30(2)3)26(31)29-28(27(32)33)17-22-9-4-5-10-23(22)18-28/h4-12,15-16H,13-14,17-18H2,1-3H3,(H,29,31)(H,32,33). The van der Waals surface area contributed by atoms with Gasteiger partial charge < -0.3 is 20.1 Å². The normalized spacial score (nSPS) is 13.7. The molecule has 0 heterocycles. The number of hydrogen-bond acceptors (Lipinski definition) is 4. The first kappa shape index (κ1) is 23.4. The summed E-state index contributed by atoms with van der Waals surface area (Å²) in [6.45, 7) is 2.52. The van der Waals surface area contributed by atoms with E-state index in [0.717, 1.165) is 23.2 Å². The van der Waals surface area contributed by atoms with E-state index in [1.54, 1.807) is 12.1 Å². The minimum Gasteiger partial charge on any atom is -0.491 e. The van der Waals surface area contributed by atoms with Gasteiger partial charge in [0.1, 0.15) is 11.3 Å². The molecule has 6 heteroatoms. The monoisotopic (exact) mass is 458 g/mol. The summed E-state index contributed by atoms with van der Waals surface area (Å²) in [6.07, 6.45) is 1.27. The molecule has 0 aliphatic heterocycles. The summed E-state index contributed by atoms with van der Waals surface area (Å²) in [6, 6.07) is 21.1. The van der Waals surface area contributed by atoms with Crippen LogP contribution in [0, 0.1) is 6.92 Å². The lowest BCUT2D eigenvalue weighted by Crippen LogP contribution is -2.55. The molecule has 0 unspecified atom stereocenters. The van der Waals surface area contributed by atoms with Gasteiger partial charge in [0.05, 0.1) is 12.3 Å². The van der Waals surface area contributed by atoms with E-state index in [-0.39, 0.29) is 12.8 Å². The molecule has 1 aliphatic carbocycles. The number of carboxylic acids is 1. The van der Waals surface area contributed by atoms with Gasteiger partial charge in [-0.3, -0.25) is 4.79 Å². The lowest BCUT2D eigenvalue weighted by Gasteiger charge is -2.26. The summed E-state index contributed by atoms with van der Waals surface area (Å²) >= 11 is 0. The summed E-state index contributed by atoms with van der Waals surface area (Å²) in [5.74, 6) is -0.870. The lowest BCUT2D eigenvalue weighted by molar-refractivity contribution is -0.144. The number of ether oxygens (including phenoxy) is 1. The minimum absolute atomic E-state index is 0.264. The van der Waals surface area contributed by atoms with Crippen molar-refractivity contribution in [1.82, 2.24) is 5.32 Å². The number of carbonyl (C=O) groups excluding carboxylic acids is 1. The minimum atomic E-state index is -1.35. The molecule has 1 aliphatic rings. The zero-order chi connectivity index (χ0) is 24.3. The van der Waals surface area contributed by atoms with Gasteiger partial charge in [-0.05, 0) is 41.8 Å². The number of aliphatic carboxylic acids is 1. The van der Waals surface area contributed by atoms with Gasteiger partial charge in [0.25, 0.3) is 5.91 Å². The molecular formula is C28H30N2O4. The molecule has 0 saturated heterocycles. The molecule has 0 aromatic heterocycles. The Morgan fingerprint density at radius 3 is 2.32 bits per heavy atom. The molecule has 34 heavy (non-hydrogen) atoms. The summed E-state index contributed by atoms with van der Waals surface area (Å²) in [5, 5.41) is 12.8. The first-order valence-electron chi connectivity index (χ1n) is 11.4. The van der Waals surface area contributed by atoms with Crippen LogP contribution in [0.5, 0.6) is 5.75 Å². The van der Waals surface area contributed by atoms with Crippen molar-refractivity contribution in [2.75, 3.05) is 25.6 Å². The molecule has 3 aromatic rings. The van der Waals surface area contributed by atoms with Crippen molar-refractivity contribution in [2.45, 2.75) is 31.7 Å². The summed E-state index contributed by atoms with van der Waals surface area (Å²) in [5.41, 5.74) is 4.15. The van der Waals surface area contributed by atoms with Crippen molar-refractivity contribution in [3.05, 3.63) is 94.5 Å². The van der Waals surface area contributed by atoms with Gasteiger partial charge in [-0.25, -0.2) is 4.79 Å². The Labute approximate surface area is 200 Å². The molecule has 3 aromatic carbocycles. The van der Waals surface area contributed by atoms with Crippen LogP contribution in [-0.2, 0) is 24.1 Å². The highest BCUT2D eigenvalue weighted by Gasteiger charge is 2.45. The molecule has 2 N–H and O–H groups in total. The molecule has 0 atom stereocenters. The van der Waals surface area contributed by atoms with E-state index in [1.807, 2.05) is 55.4 Å². The van der Waals surface area contributed by atoms with Gasteiger partial charge in [0, 0.05) is 38.9 Å². The molecule has 0 spiro atoms. The molecule has 4 rings (SSSR count). The number of fused-ring (bicyclic) bond motifs is 1. The van der Waals surface area contributed by atoms with Crippen LogP contribution >= 0.6 is 0 Å². The topological polar surface area (TPSA) is 78.9 Å². The van der Waals surface area contributed by atoms with Crippen LogP contribution in [0.2, 0.25) is 0 Å². The molecule has 6 nitrogen and oxygen atoms in total. The van der Waals surface area contributed by atoms with Crippen LogP contribution in [0.4, 0.5) is 5.69 Å². The van der Waals surface area contributed by atoms with E-state index in [0.29, 0.717) is 17.9 Å². The van der Waals surface area contributed by atoms with Gasteiger partial charge in [0.2, 0.25) is 0 Å². The number of nitrogens with one attached hydrogen (secondary N) is 1. The van der Waals surface area contributed by atoms with Gasteiger partial charge in [-0.2, -0.15) is 0 Å². The molecule has 0 bridgehead atoms. The number of carboxylic acid groups (broad SMARTS) is 1. The van der Waals surface area contributed by atoms with Gasteiger partial charge in [-0.15, -0.1) is 0 Å².